The Balaban J connectivity index is 1.86. The van der Waals surface area contributed by atoms with Gasteiger partial charge in [-0.3, -0.25) is 0 Å². The first-order chi connectivity index (χ1) is 12.5. The van der Waals surface area contributed by atoms with E-state index in [2.05, 4.69) is 32.1 Å². The summed E-state index contributed by atoms with van der Waals surface area (Å²) in [5.41, 5.74) is 2.34. The largest absolute Gasteiger partial charge is 0.508 e. The number of aromatic hydroxyl groups is 1. The molecular formula is C19H20N6O. The van der Waals surface area contributed by atoms with Gasteiger partial charge in [-0.25, -0.2) is 4.99 Å². The fourth-order valence-electron chi connectivity index (χ4n) is 2.39. The number of phenols is 1. The summed E-state index contributed by atoms with van der Waals surface area (Å²) in [6.45, 7) is 5.86. The van der Waals surface area contributed by atoms with Gasteiger partial charge in [0.1, 0.15) is 11.6 Å². The average Bonchev–Trinajstić information content (AvgIpc) is 2.64. The number of hydrogen-bond donors (Lipinski definition) is 2. The van der Waals surface area contributed by atoms with E-state index in [0.29, 0.717) is 11.5 Å². The van der Waals surface area contributed by atoms with E-state index >= 15 is 0 Å². The van der Waals surface area contributed by atoms with E-state index < -0.39 is 0 Å². The molecule has 0 saturated heterocycles. The predicted octanol–water partition coefficient (Wildman–Crippen LogP) is 4.15. The molecule has 1 atom stereocenters. The quantitative estimate of drug-likeness (QED) is 0.814. The lowest BCUT2D eigenvalue weighted by atomic mass is 10.2. The molecule has 7 nitrogen and oxygen atoms in total. The highest BCUT2D eigenvalue weighted by atomic mass is 16.3. The molecule has 0 radical (unpaired) electrons. The molecule has 1 aliphatic heterocycles. The summed E-state index contributed by atoms with van der Waals surface area (Å²) in [5.74, 6) is 1.12. The number of likely N-dealkylation sites (N-methyl/N-ethyl adjacent to an activating group) is 1. The van der Waals surface area contributed by atoms with Crippen LogP contribution in [-0.4, -0.2) is 35.1 Å². The van der Waals surface area contributed by atoms with Crippen molar-refractivity contribution in [2.45, 2.75) is 13.2 Å². The Labute approximate surface area is 152 Å². The van der Waals surface area contributed by atoms with Crippen molar-refractivity contribution in [2.24, 2.45) is 20.2 Å². The number of phenolic OH excluding ortho intramolecular Hbond substituents is 1. The number of guanidine groups is 1. The minimum absolute atomic E-state index is 0.176. The number of aliphatic imine (C=N–C) groups is 2. The van der Waals surface area contributed by atoms with E-state index in [1.54, 1.807) is 24.3 Å². The number of para-hydroxylation sites is 1. The summed E-state index contributed by atoms with van der Waals surface area (Å²) in [5, 5.41) is 20.9. The second kappa shape index (κ2) is 7.60. The highest BCUT2D eigenvalue weighted by Crippen LogP contribution is 2.19. The molecule has 1 aliphatic rings. The molecule has 1 unspecified atom stereocenters. The van der Waals surface area contributed by atoms with Gasteiger partial charge in [0.05, 0.1) is 5.69 Å². The maximum Gasteiger partial charge on any atom is 0.269 e. The van der Waals surface area contributed by atoms with Crippen molar-refractivity contribution in [2.75, 3.05) is 12.4 Å². The SMILES string of the molecule is C=C(C)C1=NC(N=Nc2ccc(O)cc2)=NC(Nc2ccccc2)N1C. The average molecular weight is 348 g/mol. The van der Waals surface area contributed by atoms with Crippen molar-refractivity contribution >= 4 is 23.2 Å². The fraction of sp³-hybridized carbons (Fsp3) is 0.158. The summed E-state index contributed by atoms with van der Waals surface area (Å²) in [6.07, 6.45) is -0.379. The lowest BCUT2D eigenvalue weighted by Crippen LogP contribution is -2.44. The minimum Gasteiger partial charge on any atom is -0.508 e. The lowest BCUT2D eigenvalue weighted by Gasteiger charge is -2.31. The third kappa shape index (κ3) is 4.13. The first-order valence-corrected chi connectivity index (χ1v) is 8.10. The van der Waals surface area contributed by atoms with Crippen LogP contribution >= 0.6 is 0 Å². The van der Waals surface area contributed by atoms with Gasteiger partial charge >= 0.3 is 0 Å². The van der Waals surface area contributed by atoms with Crippen molar-refractivity contribution in [3.63, 3.8) is 0 Å². The van der Waals surface area contributed by atoms with Gasteiger partial charge in [0.15, 0.2) is 0 Å². The van der Waals surface area contributed by atoms with Crippen LogP contribution in [0.15, 0.2) is 87.0 Å². The maximum atomic E-state index is 9.33. The van der Waals surface area contributed by atoms with E-state index in [1.807, 2.05) is 49.2 Å². The molecular weight excluding hydrogens is 328 g/mol. The number of azo groups is 1. The van der Waals surface area contributed by atoms with Crippen LogP contribution in [0, 0.1) is 0 Å². The summed E-state index contributed by atoms with van der Waals surface area (Å²) in [4.78, 5) is 10.8. The third-order valence-electron chi connectivity index (χ3n) is 3.70. The van der Waals surface area contributed by atoms with Gasteiger partial charge in [-0.1, -0.05) is 24.8 Å². The molecule has 0 aromatic heterocycles. The second-order valence-corrected chi connectivity index (χ2v) is 5.86. The zero-order valence-corrected chi connectivity index (χ0v) is 14.7. The molecule has 0 saturated carbocycles. The van der Waals surface area contributed by atoms with Crippen molar-refractivity contribution in [1.29, 1.82) is 0 Å². The number of amidine groups is 1. The van der Waals surface area contributed by atoms with Crippen LogP contribution in [0.3, 0.4) is 0 Å². The highest BCUT2D eigenvalue weighted by molar-refractivity contribution is 6.06. The van der Waals surface area contributed by atoms with Crippen molar-refractivity contribution in [3.8, 4) is 5.75 Å². The highest BCUT2D eigenvalue weighted by Gasteiger charge is 2.23. The molecule has 0 aliphatic carbocycles. The Morgan fingerprint density at radius 2 is 1.81 bits per heavy atom. The Hall–Kier alpha value is -3.48. The van der Waals surface area contributed by atoms with Crippen LogP contribution in [0.2, 0.25) is 0 Å². The summed E-state index contributed by atoms with van der Waals surface area (Å²) >= 11 is 0. The predicted molar refractivity (Wildman–Crippen MR) is 104 cm³/mol. The van der Waals surface area contributed by atoms with E-state index in [1.165, 1.54) is 0 Å². The Bertz CT molecular complexity index is 871. The minimum atomic E-state index is -0.379. The van der Waals surface area contributed by atoms with Crippen LogP contribution in [0.5, 0.6) is 5.75 Å². The zero-order valence-electron chi connectivity index (χ0n) is 14.7. The van der Waals surface area contributed by atoms with Gasteiger partial charge in [-0.2, -0.15) is 4.99 Å². The van der Waals surface area contributed by atoms with Gasteiger partial charge in [0.25, 0.3) is 5.96 Å². The third-order valence-corrected chi connectivity index (χ3v) is 3.70. The van der Waals surface area contributed by atoms with Gasteiger partial charge in [0, 0.05) is 12.7 Å². The van der Waals surface area contributed by atoms with E-state index in [-0.39, 0.29) is 18.0 Å². The number of benzene rings is 2. The number of anilines is 1. The van der Waals surface area contributed by atoms with E-state index in [0.717, 1.165) is 11.3 Å². The lowest BCUT2D eigenvalue weighted by molar-refractivity contribution is 0.406. The molecule has 7 heteroatoms. The molecule has 2 aromatic rings. The molecule has 0 fully saturated rings. The molecule has 2 N–H and O–H groups in total. The molecule has 0 spiro atoms. The smallest absolute Gasteiger partial charge is 0.269 e. The second-order valence-electron chi connectivity index (χ2n) is 5.86. The van der Waals surface area contributed by atoms with Crippen molar-refractivity contribution in [1.82, 2.24) is 4.90 Å². The van der Waals surface area contributed by atoms with Crippen LogP contribution in [0.4, 0.5) is 11.4 Å². The van der Waals surface area contributed by atoms with Crippen LogP contribution in [0.25, 0.3) is 0 Å². The molecule has 26 heavy (non-hydrogen) atoms. The molecule has 3 rings (SSSR count). The van der Waals surface area contributed by atoms with Gasteiger partial charge < -0.3 is 15.3 Å². The summed E-state index contributed by atoms with van der Waals surface area (Å²) < 4.78 is 0. The molecule has 132 valence electrons. The Morgan fingerprint density at radius 1 is 1.12 bits per heavy atom. The number of nitrogens with zero attached hydrogens (tertiary/aromatic N) is 5. The van der Waals surface area contributed by atoms with E-state index in [9.17, 15) is 5.11 Å². The fourth-order valence-corrected chi connectivity index (χ4v) is 2.39. The number of hydrogen-bond acceptors (Lipinski definition) is 7. The standard InChI is InChI=1S/C19H20N6O/c1-13(2)17-21-18(24-23-15-9-11-16(26)12-10-15)22-19(25(17)3)20-14-7-5-4-6-8-14/h4-12,19-20,26H,1H2,2-3H3. The number of nitrogens with one attached hydrogen (secondary N) is 1. The molecule has 1 heterocycles. The van der Waals surface area contributed by atoms with Gasteiger partial charge in [-0.15, -0.1) is 10.2 Å². The van der Waals surface area contributed by atoms with E-state index in [4.69, 9.17) is 0 Å². The monoisotopic (exact) mass is 348 g/mol. The maximum absolute atomic E-state index is 9.33. The van der Waals surface area contributed by atoms with Crippen LogP contribution in [-0.2, 0) is 0 Å². The van der Waals surface area contributed by atoms with Gasteiger partial charge in [-0.05, 0) is 48.9 Å². The van der Waals surface area contributed by atoms with Crippen LogP contribution in [0.1, 0.15) is 6.92 Å². The number of rotatable bonds is 4. The van der Waals surface area contributed by atoms with Gasteiger partial charge in [0.2, 0.25) is 6.29 Å². The molecule has 2 aromatic carbocycles. The summed E-state index contributed by atoms with van der Waals surface area (Å²) in [6, 6.07) is 16.2. The van der Waals surface area contributed by atoms with Crippen molar-refractivity contribution in [3.05, 3.63) is 66.7 Å². The first-order valence-electron chi connectivity index (χ1n) is 8.10. The molecule has 0 amide bonds. The van der Waals surface area contributed by atoms with Crippen molar-refractivity contribution < 1.29 is 5.11 Å². The first kappa shape index (κ1) is 17.3. The Kier molecular flexibility index (Phi) is 5.07. The zero-order chi connectivity index (χ0) is 18.5. The normalized spacial score (nSPS) is 17.0. The Morgan fingerprint density at radius 3 is 2.46 bits per heavy atom. The summed E-state index contributed by atoms with van der Waals surface area (Å²) in [7, 11) is 1.89. The molecule has 0 bridgehead atoms. The van der Waals surface area contributed by atoms with Crippen LogP contribution < -0.4 is 5.32 Å². The topological polar surface area (TPSA) is 84.9 Å².